The van der Waals surface area contributed by atoms with Crippen molar-refractivity contribution >= 4 is 34.0 Å². The number of amides is 1. The number of nitrogens with one attached hydrogen (secondary N) is 1. The average Bonchev–Trinajstić information content (AvgIpc) is 2.97. The van der Waals surface area contributed by atoms with Crippen molar-refractivity contribution in [3.63, 3.8) is 0 Å². The van der Waals surface area contributed by atoms with E-state index in [2.05, 4.69) is 10.3 Å². The van der Waals surface area contributed by atoms with Crippen molar-refractivity contribution < 1.29 is 14.3 Å². The van der Waals surface area contributed by atoms with Crippen LogP contribution in [0.15, 0.2) is 48.7 Å². The molecule has 0 saturated heterocycles. The fourth-order valence-electron chi connectivity index (χ4n) is 2.72. The normalized spacial score (nSPS) is 13.1. The molecule has 0 saturated carbocycles. The van der Waals surface area contributed by atoms with Gasteiger partial charge in [0, 0.05) is 34.5 Å². The monoisotopic (exact) mass is 400 g/mol. The highest BCUT2D eigenvalue weighted by Gasteiger charge is 2.15. The Balaban J connectivity index is 1.43. The van der Waals surface area contributed by atoms with Crippen molar-refractivity contribution in [2.75, 3.05) is 18.5 Å². The maximum absolute atomic E-state index is 12.5. The van der Waals surface area contributed by atoms with Crippen LogP contribution < -0.4 is 14.8 Å². The molecule has 2 aromatic carbocycles. The van der Waals surface area contributed by atoms with E-state index in [1.165, 1.54) is 11.3 Å². The highest BCUT2D eigenvalue weighted by molar-refractivity contribution is 7.15. The number of anilines is 1. The third-order valence-electron chi connectivity index (χ3n) is 4.08. The predicted molar refractivity (Wildman–Crippen MR) is 106 cm³/mol. The Hall–Kier alpha value is -2.57. The van der Waals surface area contributed by atoms with Crippen molar-refractivity contribution in [2.45, 2.75) is 12.8 Å². The quantitative estimate of drug-likeness (QED) is 0.683. The molecule has 0 bridgehead atoms. The van der Waals surface area contributed by atoms with Crippen LogP contribution in [-0.4, -0.2) is 24.1 Å². The number of thiazole rings is 1. The number of aromatic nitrogens is 1. The molecule has 0 spiro atoms. The first-order chi connectivity index (χ1) is 13.2. The highest BCUT2D eigenvalue weighted by Crippen LogP contribution is 2.31. The molecule has 7 heteroatoms. The molecule has 1 aromatic heterocycles. The number of rotatable bonds is 4. The first kappa shape index (κ1) is 17.8. The van der Waals surface area contributed by atoms with E-state index >= 15 is 0 Å². The summed E-state index contributed by atoms with van der Waals surface area (Å²) >= 11 is 7.37. The number of hydrogen-bond donors (Lipinski definition) is 1. The van der Waals surface area contributed by atoms with Crippen molar-refractivity contribution in [3.8, 4) is 11.5 Å². The molecule has 0 atom stereocenters. The van der Waals surface area contributed by atoms with Crippen LogP contribution in [0.2, 0.25) is 5.02 Å². The van der Waals surface area contributed by atoms with Crippen molar-refractivity contribution in [3.05, 3.63) is 69.7 Å². The van der Waals surface area contributed by atoms with E-state index in [9.17, 15) is 4.79 Å². The van der Waals surface area contributed by atoms with Crippen LogP contribution in [0.3, 0.4) is 0 Å². The van der Waals surface area contributed by atoms with Gasteiger partial charge in [-0.15, -0.1) is 11.3 Å². The van der Waals surface area contributed by atoms with Crippen LogP contribution in [-0.2, 0) is 6.42 Å². The van der Waals surface area contributed by atoms with Gasteiger partial charge in [-0.25, -0.2) is 4.98 Å². The van der Waals surface area contributed by atoms with Crippen LogP contribution in [0.1, 0.15) is 27.2 Å². The smallest absolute Gasteiger partial charge is 0.257 e. The topological polar surface area (TPSA) is 60.5 Å². The molecular weight excluding hydrogens is 384 g/mol. The lowest BCUT2D eigenvalue weighted by molar-refractivity contribution is 0.102. The summed E-state index contributed by atoms with van der Waals surface area (Å²) in [5, 5.41) is 4.13. The number of benzene rings is 2. The molecule has 1 aliphatic rings. The minimum absolute atomic E-state index is 0.224. The number of fused-ring (bicyclic) bond motifs is 1. The van der Waals surface area contributed by atoms with Gasteiger partial charge in [0.15, 0.2) is 16.6 Å². The zero-order chi connectivity index (χ0) is 18.6. The molecule has 4 rings (SSSR count). The lowest BCUT2D eigenvalue weighted by Crippen LogP contribution is -2.11. The number of ether oxygens (including phenoxy) is 2. The van der Waals surface area contributed by atoms with Gasteiger partial charge >= 0.3 is 0 Å². The van der Waals surface area contributed by atoms with E-state index < -0.39 is 0 Å². The molecule has 0 aliphatic carbocycles. The zero-order valence-corrected chi connectivity index (χ0v) is 16.0. The summed E-state index contributed by atoms with van der Waals surface area (Å²) in [5.74, 6) is 1.05. The lowest BCUT2D eigenvalue weighted by Gasteiger charge is -2.08. The summed E-state index contributed by atoms with van der Waals surface area (Å²) in [5.41, 5.74) is 1.65. The standard InChI is InChI=1S/C20H17ClN2O3S/c21-15-5-2-13(3-6-15)10-16-12-22-20(27-16)23-19(24)14-4-7-17-18(11-14)26-9-1-8-25-17/h2-7,11-12H,1,8-10H2,(H,22,23,24). The molecule has 3 aromatic rings. The Labute approximate surface area is 165 Å². The summed E-state index contributed by atoms with van der Waals surface area (Å²) in [7, 11) is 0. The van der Waals surface area contributed by atoms with Crippen molar-refractivity contribution in [1.29, 1.82) is 0 Å². The van der Waals surface area contributed by atoms with Gasteiger partial charge in [-0.3, -0.25) is 10.1 Å². The number of halogens is 1. The van der Waals surface area contributed by atoms with Crippen LogP contribution in [0.25, 0.3) is 0 Å². The molecule has 5 nitrogen and oxygen atoms in total. The second kappa shape index (κ2) is 7.98. The summed E-state index contributed by atoms with van der Waals surface area (Å²) in [6, 6.07) is 12.9. The molecule has 0 radical (unpaired) electrons. The largest absolute Gasteiger partial charge is 0.490 e. The van der Waals surface area contributed by atoms with Gasteiger partial charge in [-0.05, 0) is 35.9 Å². The van der Waals surface area contributed by atoms with E-state index in [-0.39, 0.29) is 5.91 Å². The van der Waals surface area contributed by atoms with E-state index in [4.69, 9.17) is 21.1 Å². The lowest BCUT2D eigenvalue weighted by atomic mass is 10.1. The van der Waals surface area contributed by atoms with E-state index in [1.54, 1.807) is 24.4 Å². The molecule has 1 amide bonds. The van der Waals surface area contributed by atoms with Gasteiger partial charge in [-0.1, -0.05) is 23.7 Å². The fraction of sp³-hybridized carbons (Fsp3) is 0.200. The third-order valence-corrected chi connectivity index (χ3v) is 5.24. The predicted octanol–water partition coefficient (Wildman–Crippen LogP) is 4.80. The molecule has 2 heterocycles. The van der Waals surface area contributed by atoms with Gasteiger partial charge in [-0.2, -0.15) is 0 Å². The fourth-order valence-corrected chi connectivity index (χ4v) is 3.69. The van der Waals surface area contributed by atoms with E-state index in [0.717, 1.165) is 23.3 Å². The molecule has 138 valence electrons. The Morgan fingerprint density at radius 3 is 2.70 bits per heavy atom. The summed E-state index contributed by atoms with van der Waals surface area (Å²) < 4.78 is 11.2. The van der Waals surface area contributed by atoms with Gasteiger partial charge in [0.1, 0.15) is 0 Å². The van der Waals surface area contributed by atoms with Crippen molar-refractivity contribution in [1.82, 2.24) is 4.98 Å². The summed E-state index contributed by atoms with van der Waals surface area (Å²) in [4.78, 5) is 17.9. The van der Waals surface area contributed by atoms with E-state index in [0.29, 0.717) is 40.4 Å². The van der Waals surface area contributed by atoms with Gasteiger partial charge in [0.05, 0.1) is 13.2 Å². The van der Waals surface area contributed by atoms with E-state index in [1.807, 2.05) is 24.3 Å². The maximum Gasteiger partial charge on any atom is 0.257 e. The number of nitrogens with zero attached hydrogens (tertiary/aromatic N) is 1. The molecule has 0 fully saturated rings. The Bertz CT molecular complexity index is 956. The van der Waals surface area contributed by atoms with Crippen molar-refractivity contribution in [2.24, 2.45) is 0 Å². The Kier molecular flexibility index (Phi) is 5.27. The van der Waals surface area contributed by atoms with Crippen LogP contribution >= 0.6 is 22.9 Å². The third kappa shape index (κ3) is 4.40. The summed E-state index contributed by atoms with van der Waals surface area (Å²) in [6.07, 6.45) is 3.35. The number of hydrogen-bond acceptors (Lipinski definition) is 5. The Morgan fingerprint density at radius 1 is 1.11 bits per heavy atom. The zero-order valence-electron chi connectivity index (χ0n) is 14.4. The van der Waals surface area contributed by atoms with Crippen LogP contribution in [0.4, 0.5) is 5.13 Å². The highest BCUT2D eigenvalue weighted by atomic mass is 35.5. The summed E-state index contributed by atoms with van der Waals surface area (Å²) in [6.45, 7) is 1.20. The minimum atomic E-state index is -0.224. The SMILES string of the molecule is O=C(Nc1ncc(Cc2ccc(Cl)cc2)s1)c1ccc2c(c1)OCCCO2. The van der Waals surface area contributed by atoms with Gasteiger partial charge in [0.2, 0.25) is 0 Å². The molecule has 27 heavy (non-hydrogen) atoms. The molecule has 0 unspecified atom stereocenters. The van der Waals surface area contributed by atoms with Crippen LogP contribution in [0.5, 0.6) is 11.5 Å². The maximum atomic E-state index is 12.5. The number of carbonyl (C=O) groups is 1. The van der Waals surface area contributed by atoms with Gasteiger partial charge in [0.25, 0.3) is 5.91 Å². The average molecular weight is 401 g/mol. The van der Waals surface area contributed by atoms with Crippen LogP contribution in [0, 0.1) is 0 Å². The second-order valence-electron chi connectivity index (χ2n) is 6.10. The number of carbonyl (C=O) groups excluding carboxylic acids is 1. The first-order valence-electron chi connectivity index (χ1n) is 8.57. The second-order valence-corrected chi connectivity index (χ2v) is 7.65. The first-order valence-corrected chi connectivity index (χ1v) is 9.77. The molecular formula is C20H17ClN2O3S. The minimum Gasteiger partial charge on any atom is -0.490 e. The molecule has 1 aliphatic heterocycles. The molecule has 1 N–H and O–H groups in total. The van der Waals surface area contributed by atoms with Gasteiger partial charge < -0.3 is 9.47 Å². The Morgan fingerprint density at radius 2 is 1.89 bits per heavy atom.